The van der Waals surface area contributed by atoms with Gasteiger partial charge in [0.2, 0.25) is 5.91 Å². The number of carboxylic acid groups (broad SMARTS) is 1. The van der Waals surface area contributed by atoms with E-state index < -0.39 is 5.97 Å². The van der Waals surface area contributed by atoms with Crippen molar-refractivity contribution >= 4 is 11.9 Å². The van der Waals surface area contributed by atoms with Gasteiger partial charge in [-0.05, 0) is 43.2 Å². The van der Waals surface area contributed by atoms with E-state index in [-0.39, 0.29) is 24.5 Å². The van der Waals surface area contributed by atoms with Crippen LogP contribution in [0.15, 0.2) is 24.3 Å². The van der Waals surface area contributed by atoms with Gasteiger partial charge in [0.1, 0.15) is 0 Å². The van der Waals surface area contributed by atoms with Crippen molar-refractivity contribution in [3.63, 3.8) is 0 Å². The second-order valence-electron chi connectivity index (χ2n) is 6.68. The van der Waals surface area contributed by atoms with E-state index in [1.807, 2.05) is 23.1 Å². The number of aliphatic carboxylic acids is 1. The minimum atomic E-state index is -0.794. The molecule has 0 aromatic heterocycles. The van der Waals surface area contributed by atoms with E-state index >= 15 is 0 Å². The molecule has 0 bridgehead atoms. The van der Waals surface area contributed by atoms with Crippen molar-refractivity contribution in [2.75, 3.05) is 13.2 Å². The van der Waals surface area contributed by atoms with Gasteiger partial charge >= 0.3 is 5.97 Å². The summed E-state index contributed by atoms with van der Waals surface area (Å²) in [5.74, 6) is -0.704. The second kappa shape index (κ2) is 7.79. The molecule has 1 aromatic carbocycles. The first kappa shape index (κ1) is 17.0. The molecule has 3 rings (SSSR count). The number of piperidine rings is 1. The number of hydrogen-bond donors (Lipinski definition) is 1. The van der Waals surface area contributed by atoms with Gasteiger partial charge in [0.25, 0.3) is 0 Å². The topological polar surface area (TPSA) is 66.8 Å². The summed E-state index contributed by atoms with van der Waals surface area (Å²) in [5.41, 5.74) is 2.39. The predicted molar refractivity (Wildman–Crippen MR) is 89.7 cm³/mol. The van der Waals surface area contributed by atoms with Crippen molar-refractivity contribution in [1.29, 1.82) is 0 Å². The summed E-state index contributed by atoms with van der Waals surface area (Å²) >= 11 is 0. The number of fused-ring (bicyclic) bond motifs is 1. The van der Waals surface area contributed by atoms with Crippen LogP contribution in [0.1, 0.15) is 55.8 Å². The molecule has 1 saturated heterocycles. The van der Waals surface area contributed by atoms with Crippen molar-refractivity contribution in [3.8, 4) is 0 Å². The molecular formula is C19H25NO4. The first-order valence-electron chi connectivity index (χ1n) is 8.86. The van der Waals surface area contributed by atoms with Crippen LogP contribution in [-0.4, -0.2) is 41.1 Å². The predicted octanol–water partition coefficient (Wildman–Crippen LogP) is 2.94. The Balaban J connectivity index is 1.66. The molecule has 1 N–H and O–H groups in total. The lowest BCUT2D eigenvalue weighted by molar-refractivity contribution is -0.141. The summed E-state index contributed by atoms with van der Waals surface area (Å²) in [6, 6.07) is 8.22. The summed E-state index contributed by atoms with van der Waals surface area (Å²) in [7, 11) is 0. The summed E-state index contributed by atoms with van der Waals surface area (Å²) in [6.07, 6.45) is 4.70. The molecule has 1 amide bonds. The van der Waals surface area contributed by atoms with Crippen LogP contribution in [0.3, 0.4) is 0 Å². The lowest BCUT2D eigenvalue weighted by atomic mass is 9.93. The maximum Gasteiger partial charge on any atom is 0.303 e. The number of nitrogens with zero attached hydrogens (tertiary/aromatic N) is 1. The highest BCUT2D eigenvalue weighted by Gasteiger charge is 2.30. The zero-order valence-electron chi connectivity index (χ0n) is 13.9. The number of carboxylic acids is 1. The van der Waals surface area contributed by atoms with Crippen LogP contribution in [0.25, 0.3) is 0 Å². The van der Waals surface area contributed by atoms with Gasteiger partial charge < -0.3 is 14.7 Å². The fourth-order valence-corrected chi connectivity index (χ4v) is 3.84. The average molecular weight is 331 g/mol. The van der Waals surface area contributed by atoms with E-state index in [0.29, 0.717) is 19.4 Å². The molecule has 5 heteroatoms. The molecule has 1 fully saturated rings. The van der Waals surface area contributed by atoms with Gasteiger partial charge in [0.15, 0.2) is 0 Å². The highest BCUT2D eigenvalue weighted by Crippen LogP contribution is 2.31. The summed E-state index contributed by atoms with van der Waals surface area (Å²) in [5, 5.41) is 8.92. The Kier molecular flexibility index (Phi) is 5.51. The third-order valence-electron chi connectivity index (χ3n) is 5.09. The van der Waals surface area contributed by atoms with Crippen LogP contribution in [0.2, 0.25) is 0 Å². The molecule has 24 heavy (non-hydrogen) atoms. The molecular weight excluding hydrogens is 306 g/mol. The molecule has 1 aromatic rings. The minimum absolute atomic E-state index is 0.0567. The monoisotopic (exact) mass is 331 g/mol. The van der Waals surface area contributed by atoms with E-state index in [2.05, 4.69) is 6.07 Å². The standard InChI is InChI=1S/C19H25NO4/c21-18(20-11-4-3-6-15(20)8-9-19(22)23)13-17-16-7-2-1-5-14(16)10-12-24-17/h1-2,5,7,15,17H,3-4,6,8-13H2,(H,22,23)/t15-,17-/m1/s1. The smallest absolute Gasteiger partial charge is 0.303 e. The maximum absolute atomic E-state index is 12.8. The number of carbonyl (C=O) groups is 2. The Hall–Kier alpha value is -1.88. The van der Waals surface area contributed by atoms with Crippen molar-refractivity contribution in [2.45, 2.75) is 57.1 Å². The van der Waals surface area contributed by atoms with E-state index in [4.69, 9.17) is 9.84 Å². The highest BCUT2D eigenvalue weighted by molar-refractivity contribution is 5.77. The molecule has 0 spiro atoms. The lowest BCUT2D eigenvalue weighted by Crippen LogP contribution is -2.44. The molecule has 0 aliphatic carbocycles. The fourth-order valence-electron chi connectivity index (χ4n) is 3.84. The van der Waals surface area contributed by atoms with E-state index in [0.717, 1.165) is 37.8 Å². The SMILES string of the molecule is O=C(O)CC[C@H]1CCCCN1C(=O)C[C@H]1OCCc2ccccc21. The Morgan fingerprint density at radius 3 is 2.92 bits per heavy atom. The second-order valence-corrected chi connectivity index (χ2v) is 6.68. The number of likely N-dealkylation sites (tertiary alicyclic amines) is 1. The van der Waals surface area contributed by atoms with Gasteiger partial charge in [-0.25, -0.2) is 0 Å². The molecule has 130 valence electrons. The van der Waals surface area contributed by atoms with E-state index in [1.54, 1.807) is 0 Å². The van der Waals surface area contributed by atoms with E-state index in [1.165, 1.54) is 5.56 Å². The zero-order chi connectivity index (χ0) is 16.9. The number of rotatable bonds is 5. The molecule has 0 unspecified atom stereocenters. The first-order valence-corrected chi connectivity index (χ1v) is 8.86. The van der Waals surface area contributed by atoms with E-state index in [9.17, 15) is 9.59 Å². The molecule has 2 aliphatic heterocycles. The van der Waals surface area contributed by atoms with Crippen LogP contribution in [0.4, 0.5) is 0 Å². The summed E-state index contributed by atoms with van der Waals surface area (Å²) < 4.78 is 5.86. The Labute approximate surface area is 142 Å². The Bertz CT molecular complexity index is 601. The summed E-state index contributed by atoms with van der Waals surface area (Å²) in [4.78, 5) is 25.6. The van der Waals surface area contributed by atoms with Gasteiger partial charge in [0.05, 0.1) is 19.1 Å². The maximum atomic E-state index is 12.8. The Morgan fingerprint density at radius 2 is 2.08 bits per heavy atom. The van der Waals surface area contributed by atoms with Gasteiger partial charge in [-0.15, -0.1) is 0 Å². The fraction of sp³-hybridized carbons (Fsp3) is 0.579. The number of amides is 1. The third kappa shape index (κ3) is 3.96. The molecule has 5 nitrogen and oxygen atoms in total. The van der Waals surface area contributed by atoms with Crippen molar-refractivity contribution < 1.29 is 19.4 Å². The number of hydrogen-bond acceptors (Lipinski definition) is 3. The molecule has 0 radical (unpaired) electrons. The molecule has 0 saturated carbocycles. The van der Waals surface area contributed by atoms with Crippen molar-refractivity contribution in [3.05, 3.63) is 35.4 Å². The minimum Gasteiger partial charge on any atom is -0.481 e. The molecule has 2 atom stereocenters. The molecule has 2 aliphatic rings. The van der Waals surface area contributed by atoms with Crippen LogP contribution in [0, 0.1) is 0 Å². The normalized spacial score (nSPS) is 23.6. The molecule has 2 heterocycles. The average Bonchev–Trinajstić information content (AvgIpc) is 2.60. The van der Waals surface area contributed by atoms with Gasteiger partial charge in [-0.3, -0.25) is 9.59 Å². The largest absolute Gasteiger partial charge is 0.481 e. The van der Waals surface area contributed by atoms with Crippen LogP contribution < -0.4 is 0 Å². The quantitative estimate of drug-likeness (QED) is 0.901. The Morgan fingerprint density at radius 1 is 1.25 bits per heavy atom. The van der Waals surface area contributed by atoms with Crippen molar-refractivity contribution in [1.82, 2.24) is 4.90 Å². The van der Waals surface area contributed by atoms with Gasteiger partial charge in [-0.2, -0.15) is 0 Å². The number of carbonyl (C=O) groups excluding carboxylic acids is 1. The van der Waals surface area contributed by atoms with Crippen LogP contribution in [-0.2, 0) is 20.7 Å². The van der Waals surface area contributed by atoms with Gasteiger partial charge in [-0.1, -0.05) is 24.3 Å². The summed E-state index contributed by atoms with van der Waals surface area (Å²) in [6.45, 7) is 1.38. The van der Waals surface area contributed by atoms with Crippen LogP contribution in [0.5, 0.6) is 0 Å². The first-order chi connectivity index (χ1) is 11.6. The number of benzene rings is 1. The third-order valence-corrected chi connectivity index (χ3v) is 5.09. The van der Waals surface area contributed by atoms with Gasteiger partial charge in [0, 0.05) is 19.0 Å². The lowest BCUT2D eigenvalue weighted by Gasteiger charge is -2.37. The number of ether oxygens (including phenoxy) is 1. The van der Waals surface area contributed by atoms with Crippen LogP contribution >= 0.6 is 0 Å². The highest BCUT2D eigenvalue weighted by atomic mass is 16.5. The van der Waals surface area contributed by atoms with Crippen molar-refractivity contribution in [2.24, 2.45) is 0 Å². The zero-order valence-corrected chi connectivity index (χ0v) is 13.9.